The summed E-state index contributed by atoms with van der Waals surface area (Å²) in [7, 11) is 2.50. The summed E-state index contributed by atoms with van der Waals surface area (Å²) in [6, 6.07) is 0.189. The summed E-state index contributed by atoms with van der Waals surface area (Å²) in [6.07, 6.45) is 2.24. The van der Waals surface area contributed by atoms with Gasteiger partial charge in [-0.25, -0.2) is 9.59 Å². The van der Waals surface area contributed by atoms with Gasteiger partial charge in [0.1, 0.15) is 15.7 Å². The van der Waals surface area contributed by atoms with Gasteiger partial charge in [-0.2, -0.15) is 0 Å². The molecule has 2 aromatic rings. The molecule has 11 heteroatoms. The second kappa shape index (κ2) is 9.17. The molecule has 0 aliphatic heterocycles. The highest BCUT2D eigenvalue weighted by Crippen LogP contribution is 2.41. The molecule has 2 heterocycles. The van der Waals surface area contributed by atoms with Crippen LogP contribution in [0.3, 0.4) is 0 Å². The topological polar surface area (TPSA) is 112 Å². The summed E-state index contributed by atoms with van der Waals surface area (Å²) in [5.41, 5.74) is 0.567. The number of carbonyl (C=O) groups excluding carboxylic acids is 3. The molecule has 1 fully saturated rings. The molecule has 0 spiro atoms. The SMILES string of the molecule is COC(=O)c1sc(NC(=O)CSc2nnc(C3CC3)n2C(C)C)c(C(=O)OC)c1C. The standard InChI is InChI=1S/C19H24N4O5S2/c1-9(2)23-15(11-6-7-11)21-22-19(23)29-8-12(24)20-16-13(17(25)27-4)10(3)14(30-16)18(26)28-5/h9,11H,6-8H2,1-5H3,(H,20,24). The molecule has 162 valence electrons. The van der Waals surface area contributed by atoms with Crippen LogP contribution in [0.2, 0.25) is 0 Å². The number of anilines is 1. The molecule has 0 aromatic carbocycles. The third-order valence-corrected chi connectivity index (χ3v) is 6.77. The Labute approximate surface area is 182 Å². The van der Waals surface area contributed by atoms with E-state index < -0.39 is 11.9 Å². The van der Waals surface area contributed by atoms with Gasteiger partial charge in [-0.15, -0.1) is 21.5 Å². The van der Waals surface area contributed by atoms with Crippen molar-refractivity contribution >= 4 is 45.9 Å². The van der Waals surface area contributed by atoms with Gasteiger partial charge in [-0.3, -0.25) is 4.79 Å². The van der Waals surface area contributed by atoms with Gasteiger partial charge in [-0.05, 0) is 39.2 Å². The Morgan fingerprint density at radius 3 is 2.43 bits per heavy atom. The number of nitrogens with zero attached hydrogens (tertiary/aromatic N) is 3. The number of ether oxygens (including phenoxy) is 2. The largest absolute Gasteiger partial charge is 0.465 e. The van der Waals surface area contributed by atoms with Gasteiger partial charge in [-0.1, -0.05) is 11.8 Å². The van der Waals surface area contributed by atoms with E-state index in [2.05, 4.69) is 33.9 Å². The number of aromatic nitrogens is 3. The van der Waals surface area contributed by atoms with Gasteiger partial charge in [0, 0.05) is 12.0 Å². The number of thioether (sulfide) groups is 1. The van der Waals surface area contributed by atoms with Gasteiger partial charge < -0.3 is 19.4 Å². The Morgan fingerprint density at radius 1 is 1.20 bits per heavy atom. The van der Waals surface area contributed by atoms with Crippen LogP contribution in [0.4, 0.5) is 5.00 Å². The third-order valence-electron chi connectivity index (χ3n) is 4.64. The van der Waals surface area contributed by atoms with Crippen molar-refractivity contribution in [2.75, 3.05) is 25.3 Å². The molecule has 0 unspecified atom stereocenters. The van der Waals surface area contributed by atoms with Crippen LogP contribution < -0.4 is 5.32 Å². The molecule has 0 radical (unpaired) electrons. The molecular weight excluding hydrogens is 428 g/mol. The van der Waals surface area contributed by atoms with E-state index in [1.165, 1.54) is 26.0 Å². The molecule has 9 nitrogen and oxygen atoms in total. The lowest BCUT2D eigenvalue weighted by Crippen LogP contribution is -2.16. The second-order valence-corrected chi connectivity index (χ2v) is 9.12. The minimum atomic E-state index is -0.629. The van der Waals surface area contributed by atoms with E-state index in [-0.39, 0.29) is 33.1 Å². The van der Waals surface area contributed by atoms with Gasteiger partial charge in [0.2, 0.25) is 5.91 Å². The second-order valence-electron chi connectivity index (χ2n) is 7.16. The zero-order chi connectivity index (χ0) is 22.0. The molecule has 0 saturated heterocycles. The number of carbonyl (C=O) groups is 3. The average Bonchev–Trinajstić information content (AvgIpc) is 3.39. The van der Waals surface area contributed by atoms with E-state index in [9.17, 15) is 14.4 Å². The zero-order valence-corrected chi connectivity index (χ0v) is 19.1. The van der Waals surface area contributed by atoms with Crippen LogP contribution in [0, 0.1) is 6.92 Å². The van der Waals surface area contributed by atoms with Crippen LogP contribution in [0.25, 0.3) is 0 Å². The smallest absolute Gasteiger partial charge is 0.348 e. The Bertz CT molecular complexity index is 978. The summed E-state index contributed by atoms with van der Waals surface area (Å²) in [4.78, 5) is 37.0. The van der Waals surface area contributed by atoms with Crippen molar-refractivity contribution in [1.29, 1.82) is 0 Å². The van der Waals surface area contributed by atoms with Gasteiger partial charge in [0.25, 0.3) is 0 Å². The molecule has 3 rings (SSSR count). The fourth-order valence-electron chi connectivity index (χ4n) is 3.02. The van der Waals surface area contributed by atoms with Gasteiger partial charge in [0.15, 0.2) is 5.16 Å². The van der Waals surface area contributed by atoms with E-state index in [0.29, 0.717) is 16.6 Å². The maximum Gasteiger partial charge on any atom is 0.348 e. The highest BCUT2D eigenvalue weighted by Gasteiger charge is 2.31. The number of amides is 1. The fourth-order valence-corrected chi connectivity index (χ4v) is 5.03. The highest BCUT2D eigenvalue weighted by molar-refractivity contribution is 7.99. The van der Waals surface area contributed by atoms with Crippen molar-refractivity contribution < 1.29 is 23.9 Å². The Balaban J connectivity index is 1.75. The Kier molecular flexibility index (Phi) is 6.81. The summed E-state index contributed by atoms with van der Waals surface area (Å²) in [5, 5.41) is 12.2. The van der Waals surface area contributed by atoms with Crippen LogP contribution in [0.5, 0.6) is 0 Å². The Hall–Kier alpha value is -2.40. The predicted octanol–water partition coefficient (Wildman–Crippen LogP) is 3.41. The lowest BCUT2D eigenvalue weighted by molar-refractivity contribution is -0.113. The summed E-state index contributed by atoms with van der Waals surface area (Å²) >= 11 is 2.27. The predicted molar refractivity (Wildman–Crippen MR) is 113 cm³/mol. The fraction of sp³-hybridized carbons (Fsp3) is 0.526. The van der Waals surface area contributed by atoms with E-state index in [1.807, 2.05) is 0 Å². The minimum Gasteiger partial charge on any atom is -0.465 e. The normalized spacial score (nSPS) is 13.4. The maximum absolute atomic E-state index is 12.6. The number of hydrogen-bond donors (Lipinski definition) is 1. The van der Waals surface area contributed by atoms with E-state index in [0.717, 1.165) is 30.0 Å². The number of rotatable bonds is 8. The third kappa shape index (κ3) is 4.51. The van der Waals surface area contributed by atoms with E-state index in [1.54, 1.807) is 6.92 Å². The molecule has 0 atom stereocenters. The van der Waals surface area contributed by atoms with Crippen LogP contribution in [0.1, 0.15) is 70.1 Å². The average molecular weight is 453 g/mol. The van der Waals surface area contributed by atoms with Crippen LogP contribution in [-0.2, 0) is 14.3 Å². The van der Waals surface area contributed by atoms with Crippen LogP contribution >= 0.6 is 23.1 Å². The minimum absolute atomic E-state index is 0.0840. The number of esters is 2. The van der Waals surface area contributed by atoms with Crippen molar-refractivity contribution in [1.82, 2.24) is 14.8 Å². The summed E-state index contributed by atoms with van der Waals surface area (Å²) < 4.78 is 11.6. The molecule has 0 bridgehead atoms. The first-order valence-electron chi connectivity index (χ1n) is 9.45. The quantitative estimate of drug-likeness (QED) is 0.479. The first kappa shape index (κ1) is 22.3. The summed E-state index contributed by atoms with van der Waals surface area (Å²) in [5.74, 6) is -0.0190. The number of hydrogen-bond acceptors (Lipinski definition) is 9. The van der Waals surface area contributed by atoms with Crippen molar-refractivity contribution in [2.24, 2.45) is 0 Å². The number of nitrogens with one attached hydrogen (secondary N) is 1. The van der Waals surface area contributed by atoms with Gasteiger partial charge in [0.05, 0.1) is 25.5 Å². The first-order chi connectivity index (χ1) is 14.3. The monoisotopic (exact) mass is 452 g/mol. The van der Waals surface area contributed by atoms with Crippen LogP contribution in [0.15, 0.2) is 5.16 Å². The van der Waals surface area contributed by atoms with Crippen molar-refractivity contribution in [3.63, 3.8) is 0 Å². The van der Waals surface area contributed by atoms with Gasteiger partial charge >= 0.3 is 11.9 Å². The van der Waals surface area contributed by atoms with Crippen LogP contribution in [-0.4, -0.2) is 52.6 Å². The summed E-state index contributed by atoms with van der Waals surface area (Å²) in [6.45, 7) is 5.74. The number of methoxy groups -OCH3 is 2. The highest BCUT2D eigenvalue weighted by atomic mass is 32.2. The molecule has 1 amide bonds. The number of thiophene rings is 1. The molecule has 30 heavy (non-hydrogen) atoms. The molecular formula is C19H24N4O5S2. The Morgan fingerprint density at radius 2 is 1.87 bits per heavy atom. The molecule has 1 N–H and O–H groups in total. The molecule has 1 aliphatic carbocycles. The molecule has 1 aliphatic rings. The molecule has 1 saturated carbocycles. The van der Waals surface area contributed by atoms with E-state index in [4.69, 9.17) is 9.47 Å². The van der Waals surface area contributed by atoms with Crippen molar-refractivity contribution in [3.05, 3.63) is 21.8 Å². The lowest BCUT2D eigenvalue weighted by Gasteiger charge is -2.13. The maximum atomic E-state index is 12.6. The zero-order valence-electron chi connectivity index (χ0n) is 17.5. The first-order valence-corrected chi connectivity index (χ1v) is 11.3. The van der Waals surface area contributed by atoms with E-state index >= 15 is 0 Å². The molecule has 2 aromatic heterocycles. The van der Waals surface area contributed by atoms with Crippen molar-refractivity contribution in [3.8, 4) is 0 Å². The van der Waals surface area contributed by atoms with Crippen molar-refractivity contribution in [2.45, 2.75) is 50.7 Å². The lowest BCUT2D eigenvalue weighted by atomic mass is 10.1.